The van der Waals surface area contributed by atoms with E-state index in [0.29, 0.717) is 0 Å². The fourth-order valence-electron chi connectivity index (χ4n) is 0.972. The number of carbonyl (C=O) groups excluding carboxylic acids is 1. The summed E-state index contributed by atoms with van der Waals surface area (Å²) >= 11 is 0. The Morgan fingerprint density at radius 1 is 1.56 bits per heavy atom. The molecule has 0 spiro atoms. The Balaban J connectivity index is 2.80. The number of hydrogen-bond acceptors (Lipinski definition) is 5. The van der Waals surface area contributed by atoms with Gasteiger partial charge in [-0.1, -0.05) is 12.1 Å². The highest BCUT2D eigenvalue weighted by molar-refractivity contribution is 5.86. The highest BCUT2D eigenvalue weighted by atomic mass is 16.6. The molecule has 0 aliphatic heterocycles. The zero-order valence-electron chi connectivity index (χ0n) is 8.16. The van der Waals surface area contributed by atoms with Gasteiger partial charge in [-0.3, -0.25) is 14.9 Å². The number of amides is 1. The molecule has 0 heterocycles. The van der Waals surface area contributed by atoms with Gasteiger partial charge in [-0.2, -0.15) is 5.10 Å². The van der Waals surface area contributed by atoms with Crippen molar-refractivity contribution in [3.8, 4) is 0 Å². The minimum Gasteiger partial charge on any atom is -0.386 e. The maximum atomic E-state index is 10.6. The summed E-state index contributed by atoms with van der Waals surface area (Å²) in [5, 5.41) is 22.4. The lowest BCUT2D eigenvalue weighted by atomic mass is 10.2. The zero-order valence-corrected chi connectivity index (χ0v) is 8.16. The Morgan fingerprint density at radius 3 is 2.88 bits per heavy atom. The van der Waals surface area contributed by atoms with Crippen molar-refractivity contribution in [1.82, 2.24) is 5.43 Å². The van der Waals surface area contributed by atoms with Gasteiger partial charge in [-0.15, -0.1) is 0 Å². The van der Waals surface area contributed by atoms with Crippen LogP contribution in [0.5, 0.6) is 0 Å². The molecule has 0 bridgehead atoms. The van der Waals surface area contributed by atoms with E-state index in [2.05, 4.69) is 5.10 Å². The summed E-state index contributed by atoms with van der Waals surface area (Å²) in [7, 11) is 0. The van der Waals surface area contributed by atoms with Gasteiger partial charge >= 0.3 is 0 Å². The summed E-state index contributed by atoms with van der Waals surface area (Å²) in [6.07, 6.45) is 1.14. The monoisotopic (exact) mass is 223 g/mol. The highest BCUT2D eigenvalue weighted by Crippen LogP contribution is 2.14. The number of para-hydroxylation sites is 1. The van der Waals surface area contributed by atoms with Crippen LogP contribution in [0.2, 0.25) is 0 Å². The summed E-state index contributed by atoms with van der Waals surface area (Å²) in [5.41, 5.74) is 2.17. The van der Waals surface area contributed by atoms with Crippen molar-refractivity contribution in [1.29, 1.82) is 0 Å². The predicted octanol–water partition coefficient (Wildman–Crippen LogP) is 0.0372. The van der Waals surface area contributed by atoms with Gasteiger partial charge in [0.25, 0.3) is 11.6 Å². The normalized spacial score (nSPS) is 10.3. The molecule has 0 aliphatic rings. The molecule has 2 N–H and O–H groups in total. The van der Waals surface area contributed by atoms with E-state index in [0.717, 1.165) is 6.21 Å². The Kier molecular flexibility index (Phi) is 4.10. The molecular weight excluding hydrogens is 214 g/mol. The zero-order chi connectivity index (χ0) is 12.0. The Morgan fingerprint density at radius 2 is 2.25 bits per heavy atom. The molecule has 0 saturated heterocycles. The van der Waals surface area contributed by atoms with Crippen LogP contribution in [0.4, 0.5) is 5.69 Å². The minimum atomic E-state index is -0.686. The third kappa shape index (κ3) is 3.14. The van der Waals surface area contributed by atoms with Crippen LogP contribution >= 0.6 is 0 Å². The van der Waals surface area contributed by atoms with E-state index in [9.17, 15) is 14.9 Å². The number of aliphatic hydroxyl groups is 1. The maximum Gasteiger partial charge on any atom is 0.278 e. The van der Waals surface area contributed by atoms with Gasteiger partial charge in [0.2, 0.25) is 0 Å². The lowest BCUT2D eigenvalue weighted by Crippen LogP contribution is -2.20. The van der Waals surface area contributed by atoms with Crippen molar-refractivity contribution in [2.75, 3.05) is 6.61 Å². The molecule has 1 rings (SSSR count). The number of hydrogen-bond donors (Lipinski definition) is 2. The van der Waals surface area contributed by atoms with E-state index in [4.69, 9.17) is 5.11 Å². The smallest absolute Gasteiger partial charge is 0.278 e. The van der Waals surface area contributed by atoms with Crippen LogP contribution in [0.25, 0.3) is 0 Å². The second-order valence-corrected chi connectivity index (χ2v) is 2.77. The van der Waals surface area contributed by atoms with Crippen molar-refractivity contribution in [2.45, 2.75) is 0 Å². The van der Waals surface area contributed by atoms with E-state index in [1.165, 1.54) is 18.2 Å². The number of nitro benzene ring substituents is 1. The Bertz CT molecular complexity index is 431. The van der Waals surface area contributed by atoms with Gasteiger partial charge < -0.3 is 5.11 Å². The molecule has 0 aromatic heterocycles. The molecule has 0 fully saturated rings. The Labute approximate surface area is 90.6 Å². The van der Waals surface area contributed by atoms with E-state index in [1.54, 1.807) is 6.07 Å². The fourth-order valence-corrected chi connectivity index (χ4v) is 0.972. The van der Waals surface area contributed by atoms with Crippen molar-refractivity contribution < 1.29 is 14.8 Å². The molecule has 84 valence electrons. The van der Waals surface area contributed by atoms with Crippen LogP contribution < -0.4 is 5.43 Å². The largest absolute Gasteiger partial charge is 0.386 e. The van der Waals surface area contributed by atoms with Crippen molar-refractivity contribution in [2.24, 2.45) is 5.10 Å². The molecular formula is C9H9N3O4. The molecule has 0 radical (unpaired) electrons. The van der Waals surface area contributed by atoms with Crippen LogP contribution in [-0.2, 0) is 4.79 Å². The van der Waals surface area contributed by atoms with E-state index in [-0.39, 0.29) is 11.3 Å². The fraction of sp³-hybridized carbons (Fsp3) is 0.111. The number of carbonyl (C=O) groups is 1. The first-order valence-electron chi connectivity index (χ1n) is 4.31. The number of nitro groups is 1. The summed E-state index contributed by atoms with van der Waals surface area (Å²) < 4.78 is 0. The molecule has 0 saturated carbocycles. The molecule has 1 aromatic rings. The number of benzene rings is 1. The average molecular weight is 223 g/mol. The van der Waals surface area contributed by atoms with Crippen LogP contribution in [0.15, 0.2) is 29.4 Å². The second kappa shape index (κ2) is 5.56. The molecule has 0 atom stereocenters. The summed E-state index contributed by atoms with van der Waals surface area (Å²) in [6.45, 7) is -0.686. The minimum absolute atomic E-state index is 0.107. The van der Waals surface area contributed by atoms with Crippen LogP contribution in [-0.4, -0.2) is 28.8 Å². The predicted molar refractivity (Wildman–Crippen MR) is 55.9 cm³/mol. The molecule has 0 unspecified atom stereocenters. The standard InChI is InChI=1S/C9H9N3O4/c13-6-9(14)11-10-5-7-3-1-2-4-8(7)12(15)16/h1-5,13H,6H2,(H,11,14). The lowest BCUT2D eigenvalue weighted by Gasteiger charge is -1.96. The van der Waals surface area contributed by atoms with Gasteiger partial charge in [0.15, 0.2) is 0 Å². The highest BCUT2D eigenvalue weighted by Gasteiger charge is 2.09. The van der Waals surface area contributed by atoms with Crippen LogP contribution in [0.1, 0.15) is 5.56 Å². The SMILES string of the molecule is O=C(CO)NN=Cc1ccccc1[N+](=O)[O-]. The number of nitrogens with zero attached hydrogens (tertiary/aromatic N) is 2. The van der Waals surface area contributed by atoms with Gasteiger partial charge in [-0.25, -0.2) is 5.43 Å². The number of rotatable bonds is 4. The summed E-state index contributed by atoms with van der Waals surface area (Å²) in [4.78, 5) is 20.7. The number of hydrazone groups is 1. The third-order valence-corrected chi connectivity index (χ3v) is 1.67. The second-order valence-electron chi connectivity index (χ2n) is 2.77. The van der Waals surface area contributed by atoms with Gasteiger partial charge in [0.1, 0.15) is 6.61 Å². The van der Waals surface area contributed by atoms with Gasteiger partial charge in [0.05, 0.1) is 16.7 Å². The lowest BCUT2D eigenvalue weighted by molar-refractivity contribution is -0.385. The summed E-state index contributed by atoms with van der Waals surface area (Å²) in [6, 6.07) is 5.96. The molecule has 1 amide bonds. The quantitative estimate of drug-likeness (QED) is 0.427. The first-order valence-corrected chi connectivity index (χ1v) is 4.31. The Hall–Kier alpha value is -2.28. The average Bonchev–Trinajstić information content (AvgIpc) is 2.29. The molecule has 1 aromatic carbocycles. The van der Waals surface area contributed by atoms with Crippen molar-refractivity contribution in [3.05, 3.63) is 39.9 Å². The molecule has 7 heteroatoms. The van der Waals surface area contributed by atoms with Crippen LogP contribution in [0, 0.1) is 10.1 Å². The van der Waals surface area contributed by atoms with E-state index >= 15 is 0 Å². The first kappa shape index (κ1) is 11.8. The van der Waals surface area contributed by atoms with Crippen LogP contribution in [0.3, 0.4) is 0 Å². The number of aliphatic hydroxyl groups excluding tert-OH is 1. The molecule has 7 nitrogen and oxygen atoms in total. The van der Waals surface area contributed by atoms with E-state index < -0.39 is 17.4 Å². The third-order valence-electron chi connectivity index (χ3n) is 1.67. The molecule has 0 aliphatic carbocycles. The first-order chi connectivity index (χ1) is 7.65. The number of nitrogens with one attached hydrogen (secondary N) is 1. The topological polar surface area (TPSA) is 105 Å². The molecule has 16 heavy (non-hydrogen) atoms. The summed E-state index contributed by atoms with van der Waals surface area (Å²) in [5.74, 6) is -0.685. The van der Waals surface area contributed by atoms with Gasteiger partial charge in [0, 0.05) is 6.07 Å². The maximum absolute atomic E-state index is 10.6. The van der Waals surface area contributed by atoms with Crippen molar-refractivity contribution >= 4 is 17.8 Å². The van der Waals surface area contributed by atoms with E-state index in [1.807, 2.05) is 5.43 Å². The van der Waals surface area contributed by atoms with Gasteiger partial charge in [-0.05, 0) is 6.07 Å². The van der Waals surface area contributed by atoms with Crippen molar-refractivity contribution in [3.63, 3.8) is 0 Å².